The Hall–Kier alpha value is -0.0900. The minimum Gasteiger partial charge on any atom is -0.381 e. The molecule has 0 amide bonds. The van der Waals surface area contributed by atoms with E-state index in [0.29, 0.717) is 13.0 Å². The molecule has 4 heteroatoms. The second-order valence-corrected chi connectivity index (χ2v) is 9.81. The van der Waals surface area contributed by atoms with Gasteiger partial charge in [-0.25, -0.2) is 8.42 Å². The van der Waals surface area contributed by atoms with Gasteiger partial charge in [0.25, 0.3) is 0 Å². The van der Waals surface area contributed by atoms with Gasteiger partial charge < -0.3 is 4.74 Å². The van der Waals surface area contributed by atoms with Crippen LogP contribution in [0.5, 0.6) is 0 Å². The van der Waals surface area contributed by atoms with Crippen LogP contribution in [0.2, 0.25) is 0 Å². The number of unbranched alkanes of at least 4 members (excludes halogenated alkanes) is 14. The highest BCUT2D eigenvalue weighted by atomic mass is 32.2. The Morgan fingerprint density at radius 2 is 0.920 bits per heavy atom. The van der Waals surface area contributed by atoms with Gasteiger partial charge in [-0.3, -0.25) is 0 Å². The first kappa shape index (κ1) is 24.9. The molecule has 0 fully saturated rings. The van der Waals surface area contributed by atoms with Crippen LogP contribution in [-0.4, -0.2) is 33.6 Å². The van der Waals surface area contributed by atoms with E-state index in [2.05, 4.69) is 6.92 Å². The van der Waals surface area contributed by atoms with Gasteiger partial charge in [0.05, 0.1) is 5.75 Å². The van der Waals surface area contributed by atoms with Crippen molar-refractivity contribution in [3.8, 4) is 0 Å². The molecule has 152 valence electrons. The van der Waals surface area contributed by atoms with Crippen LogP contribution in [0.15, 0.2) is 0 Å². The van der Waals surface area contributed by atoms with Crippen LogP contribution < -0.4 is 0 Å². The SMILES string of the molecule is CCCCCCCCCCCCCCCCCOCCCS(C)(=O)=O. The van der Waals surface area contributed by atoms with E-state index in [9.17, 15) is 8.42 Å². The lowest BCUT2D eigenvalue weighted by Gasteiger charge is -2.05. The van der Waals surface area contributed by atoms with Crippen LogP contribution in [0.1, 0.15) is 110 Å². The van der Waals surface area contributed by atoms with Crippen molar-refractivity contribution in [2.45, 2.75) is 110 Å². The van der Waals surface area contributed by atoms with E-state index in [0.717, 1.165) is 13.0 Å². The van der Waals surface area contributed by atoms with Crippen LogP contribution in [0.3, 0.4) is 0 Å². The van der Waals surface area contributed by atoms with Gasteiger partial charge in [0.15, 0.2) is 0 Å². The minimum atomic E-state index is -2.83. The summed E-state index contributed by atoms with van der Waals surface area (Å²) in [5, 5.41) is 0. The predicted octanol–water partition coefficient (Wildman–Crippen LogP) is 6.31. The molecular formula is C21H44O3S. The minimum absolute atomic E-state index is 0.242. The Morgan fingerprint density at radius 3 is 1.32 bits per heavy atom. The molecule has 0 N–H and O–H groups in total. The topological polar surface area (TPSA) is 43.4 Å². The highest BCUT2D eigenvalue weighted by molar-refractivity contribution is 7.90. The standard InChI is InChI=1S/C21H44O3S/c1-3-4-5-6-7-8-9-10-11-12-13-14-15-16-17-19-24-20-18-21-25(2,22)23/h3-21H2,1-2H3. The Bertz CT molecular complexity index is 352. The summed E-state index contributed by atoms with van der Waals surface area (Å²) in [6.45, 7) is 3.63. The Morgan fingerprint density at radius 1 is 0.560 bits per heavy atom. The highest BCUT2D eigenvalue weighted by Crippen LogP contribution is 2.13. The maximum Gasteiger partial charge on any atom is 0.147 e. The number of rotatable bonds is 20. The average Bonchev–Trinajstić information content (AvgIpc) is 2.56. The molecule has 0 aromatic rings. The van der Waals surface area contributed by atoms with E-state index in [1.807, 2.05) is 0 Å². The zero-order chi connectivity index (χ0) is 18.6. The first-order valence-corrected chi connectivity index (χ1v) is 12.9. The summed E-state index contributed by atoms with van der Waals surface area (Å²) < 4.78 is 27.4. The van der Waals surface area contributed by atoms with E-state index in [1.165, 1.54) is 96.1 Å². The summed E-state index contributed by atoms with van der Waals surface area (Å²) >= 11 is 0. The van der Waals surface area contributed by atoms with Crippen LogP contribution in [0.4, 0.5) is 0 Å². The van der Waals surface area contributed by atoms with Crippen molar-refractivity contribution in [2.24, 2.45) is 0 Å². The second kappa shape index (κ2) is 18.7. The fourth-order valence-electron chi connectivity index (χ4n) is 3.10. The quantitative estimate of drug-likeness (QED) is 0.234. The van der Waals surface area contributed by atoms with Gasteiger partial charge >= 0.3 is 0 Å². The molecule has 25 heavy (non-hydrogen) atoms. The molecule has 0 aromatic carbocycles. The largest absolute Gasteiger partial charge is 0.381 e. The fourth-order valence-corrected chi connectivity index (χ4v) is 3.74. The lowest BCUT2D eigenvalue weighted by atomic mass is 10.0. The first-order chi connectivity index (χ1) is 12.1. The number of hydrogen-bond acceptors (Lipinski definition) is 3. The molecule has 0 aliphatic heterocycles. The monoisotopic (exact) mass is 376 g/mol. The second-order valence-electron chi connectivity index (χ2n) is 7.55. The Kier molecular flexibility index (Phi) is 18.6. The van der Waals surface area contributed by atoms with Crippen LogP contribution in [0.25, 0.3) is 0 Å². The molecule has 0 saturated heterocycles. The summed E-state index contributed by atoms with van der Waals surface area (Å²) in [4.78, 5) is 0. The van der Waals surface area contributed by atoms with E-state index in [-0.39, 0.29) is 5.75 Å². The lowest BCUT2D eigenvalue weighted by Crippen LogP contribution is -2.07. The summed E-state index contributed by atoms with van der Waals surface area (Å²) in [6, 6.07) is 0. The Balaban J connectivity index is 3.03. The van der Waals surface area contributed by atoms with Crippen LogP contribution >= 0.6 is 0 Å². The smallest absolute Gasteiger partial charge is 0.147 e. The molecule has 3 nitrogen and oxygen atoms in total. The molecule has 0 spiro atoms. The van der Waals surface area contributed by atoms with Crippen molar-refractivity contribution in [1.29, 1.82) is 0 Å². The van der Waals surface area contributed by atoms with Gasteiger partial charge in [0.1, 0.15) is 9.84 Å². The highest BCUT2D eigenvalue weighted by Gasteiger charge is 2.00. The van der Waals surface area contributed by atoms with Gasteiger partial charge in [-0.05, 0) is 12.8 Å². The maximum atomic E-state index is 11.0. The third kappa shape index (κ3) is 23.9. The molecule has 0 heterocycles. The van der Waals surface area contributed by atoms with Crippen LogP contribution in [-0.2, 0) is 14.6 Å². The average molecular weight is 377 g/mol. The third-order valence-electron chi connectivity index (χ3n) is 4.70. The number of ether oxygens (including phenoxy) is 1. The third-order valence-corrected chi connectivity index (χ3v) is 5.73. The van der Waals surface area contributed by atoms with Gasteiger partial charge in [0.2, 0.25) is 0 Å². The number of hydrogen-bond donors (Lipinski definition) is 0. The van der Waals surface area contributed by atoms with E-state index < -0.39 is 9.84 Å². The molecule has 0 aliphatic rings. The van der Waals surface area contributed by atoms with Crippen molar-refractivity contribution < 1.29 is 13.2 Å². The Labute approximate surface area is 158 Å². The molecule has 0 rings (SSSR count). The van der Waals surface area contributed by atoms with Crippen molar-refractivity contribution in [3.63, 3.8) is 0 Å². The van der Waals surface area contributed by atoms with Gasteiger partial charge in [-0.2, -0.15) is 0 Å². The molecule has 0 bridgehead atoms. The zero-order valence-corrected chi connectivity index (χ0v) is 17.9. The first-order valence-electron chi connectivity index (χ1n) is 10.8. The maximum absolute atomic E-state index is 11.0. The summed E-state index contributed by atoms with van der Waals surface area (Å²) in [5.74, 6) is 0.242. The van der Waals surface area contributed by atoms with E-state index in [1.54, 1.807) is 0 Å². The van der Waals surface area contributed by atoms with E-state index >= 15 is 0 Å². The normalized spacial score (nSPS) is 11.9. The fraction of sp³-hybridized carbons (Fsp3) is 1.00. The van der Waals surface area contributed by atoms with Crippen molar-refractivity contribution in [1.82, 2.24) is 0 Å². The van der Waals surface area contributed by atoms with Crippen LogP contribution in [0, 0.1) is 0 Å². The summed E-state index contributed by atoms with van der Waals surface area (Å²) in [5.41, 5.74) is 0. The van der Waals surface area contributed by atoms with Crippen molar-refractivity contribution >= 4 is 9.84 Å². The molecular weight excluding hydrogens is 332 g/mol. The number of sulfone groups is 1. The lowest BCUT2D eigenvalue weighted by molar-refractivity contribution is 0.131. The van der Waals surface area contributed by atoms with Crippen molar-refractivity contribution in [2.75, 3.05) is 25.2 Å². The zero-order valence-electron chi connectivity index (χ0n) is 17.1. The molecule has 0 aliphatic carbocycles. The summed E-state index contributed by atoms with van der Waals surface area (Å²) in [7, 11) is -2.83. The molecule has 0 unspecified atom stereocenters. The molecule has 0 saturated carbocycles. The predicted molar refractivity (Wildman–Crippen MR) is 110 cm³/mol. The van der Waals surface area contributed by atoms with Gasteiger partial charge in [0, 0.05) is 19.5 Å². The molecule has 0 atom stereocenters. The van der Waals surface area contributed by atoms with E-state index in [4.69, 9.17) is 4.74 Å². The molecule has 0 aromatic heterocycles. The van der Waals surface area contributed by atoms with Gasteiger partial charge in [-0.15, -0.1) is 0 Å². The van der Waals surface area contributed by atoms with Gasteiger partial charge in [-0.1, -0.05) is 96.8 Å². The van der Waals surface area contributed by atoms with Crippen molar-refractivity contribution in [3.05, 3.63) is 0 Å². The summed E-state index contributed by atoms with van der Waals surface area (Å²) in [6.07, 6.45) is 22.5. The molecule has 0 radical (unpaired) electrons.